The lowest BCUT2D eigenvalue weighted by molar-refractivity contribution is -0.385. The molecule has 6 nitrogen and oxygen atoms in total. The Bertz CT molecular complexity index is 594. The minimum Gasteiger partial charge on any atom is -0.380 e. The Labute approximate surface area is 110 Å². The van der Waals surface area contributed by atoms with Gasteiger partial charge in [-0.25, -0.2) is 0 Å². The van der Waals surface area contributed by atoms with Crippen molar-refractivity contribution >= 4 is 34.1 Å². The molecule has 1 heterocycles. The summed E-state index contributed by atoms with van der Waals surface area (Å²) in [4.78, 5) is 10.3. The predicted octanol–water partition coefficient (Wildman–Crippen LogP) is 2.75. The quantitative estimate of drug-likeness (QED) is 0.513. The topological polar surface area (TPSA) is 95.2 Å². The number of nitrogens with zero attached hydrogens (tertiary/aromatic N) is 2. The van der Waals surface area contributed by atoms with Crippen LogP contribution in [0, 0.1) is 20.6 Å². The zero-order valence-corrected chi connectivity index (χ0v) is 11.0. The Balaban J connectivity index is 2.52. The van der Waals surface area contributed by atoms with Crippen LogP contribution in [-0.4, -0.2) is 10.1 Å². The van der Waals surface area contributed by atoms with Crippen LogP contribution >= 0.6 is 22.6 Å². The molecule has 0 saturated carbocycles. The van der Waals surface area contributed by atoms with Crippen LogP contribution in [0.2, 0.25) is 0 Å². The number of hydrogen-bond acceptors (Lipinski definition) is 5. The highest BCUT2D eigenvalue weighted by molar-refractivity contribution is 14.1. The summed E-state index contributed by atoms with van der Waals surface area (Å²) in [7, 11) is 0. The first kappa shape index (κ1) is 11.8. The van der Waals surface area contributed by atoms with Crippen molar-refractivity contribution in [3.05, 3.63) is 37.4 Å². The number of anilines is 1. The largest absolute Gasteiger partial charge is 0.380 e. The van der Waals surface area contributed by atoms with Crippen LogP contribution in [0.25, 0.3) is 11.3 Å². The maximum atomic E-state index is 10.7. The van der Waals surface area contributed by atoms with Gasteiger partial charge in [0.05, 0.1) is 4.92 Å². The van der Waals surface area contributed by atoms with Gasteiger partial charge < -0.3 is 10.3 Å². The zero-order chi connectivity index (χ0) is 12.6. The highest BCUT2D eigenvalue weighted by atomic mass is 127. The van der Waals surface area contributed by atoms with Crippen molar-refractivity contribution in [2.75, 3.05) is 5.73 Å². The monoisotopic (exact) mass is 345 g/mol. The summed E-state index contributed by atoms with van der Waals surface area (Å²) in [6.45, 7) is 1.67. The van der Waals surface area contributed by atoms with Gasteiger partial charge in [0.1, 0.15) is 3.57 Å². The Morgan fingerprint density at radius 3 is 2.71 bits per heavy atom. The molecule has 2 aromatic rings. The molecule has 0 amide bonds. The van der Waals surface area contributed by atoms with Gasteiger partial charge in [0.25, 0.3) is 5.69 Å². The molecular formula is C10H8IN3O3. The lowest BCUT2D eigenvalue weighted by Crippen LogP contribution is -1.92. The predicted molar refractivity (Wildman–Crippen MR) is 70.5 cm³/mol. The molecule has 0 aliphatic rings. The van der Waals surface area contributed by atoms with E-state index in [1.807, 2.05) is 22.6 Å². The molecule has 0 spiro atoms. The van der Waals surface area contributed by atoms with Crippen molar-refractivity contribution in [2.24, 2.45) is 0 Å². The highest BCUT2D eigenvalue weighted by Crippen LogP contribution is 2.31. The van der Waals surface area contributed by atoms with Crippen LogP contribution in [0.5, 0.6) is 0 Å². The molecule has 0 bridgehead atoms. The lowest BCUT2D eigenvalue weighted by atomic mass is 10.1. The number of halogens is 1. The standard InChI is InChI=1S/C10H8IN3O3/c1-5-4-6(2-3-7(5)14(15)16)9-8(11)10(12)13-17-9/h2-4H,1H3,(H2,12,13). The number of nitrogen functional groups attached to an aromatic ring is 1. The first-order valence-corrected chi connectivity index (χ1v) is 5.74. The van der Waals surface area contributed by atoms with Gasteiger partial charge in [0, 0.05) is 17.2 Å². The Morgan fingerprint density at radius 1 is 1.53 bits per heavy atom. The first-order valence-electron chi connectivity index (χ1n) is 4.66. The van der Waals surface area contributed by atoms with Gasteiger partial charge in [-0.15, -0.1) is 0 Å². The number of nitro benzene ring substituents is 1. The lowest BCUT2D eigenvalue weighted by Gasteiger charge is -2.00. The summed E-state index contributed by atoms with van der Waals surface area (Å²) in [5, 5.41) is 14.3. The normalized spacial score (nSPS) is 10.5. The highest BCUT2D eigenvalue weighted by Gasteiger charge is 2.16. The Kier molecular flexibility index (Phi) is 3.01. The van der Waals surface area contributed by atoms with Crippen LogP contribution < -0.4 is 5.73 Å². The van der Waals surface area contributed by atoms with Gasteiger partial charge in [-0.1, -0.05) is 5.16 Å². The molecule has 0 fully saturated rings. The third kappa shape index (κ3) is 2.09. The molecule has 0 radical (unpaired) electrons. The van der Waals surface area contributed by atoms with Crippen molar-refractivity contribution in [1.82, 2.24) is 5.16 Å². The van der Waals surface area contributed by atoms with Crippen LogP contribution in [-0.2, 0) is 0 Å². The Hall–Kier alpha value is -1.64. The molecule has 7 heteroatoms. The summed E-state index contributed by atoms with van der Waals surface area (Å²) >= 11 is 2.02. The van der Waals surface area contributed by atoms with Crippen LogP contribution in [0.4, 0.5) is 11.5 Å². The molecule has 2 rings (SSSR count). The number of aryl methyl sites for hydroxylation is 1. The van der Waals surface area contributed by atoms with Crippen molar-refractivity contribution in [1.29, 1.82) is 0 Å². The molecule has 2 N–H and O–H groups in total. The van der Waals surface area contributed by atoms with Crippen LogP contribution in [0.3, 0.4) is 0 Å². The molecule has 0 aliphatic carbocycles. The molecule has 0 unspecified atom stereocenters. The van der Waals surface area contributed by atoms with E-state index < -0.39 is 4.92 Å². The van der Waals surface area contributed by atoms with E-state index in [9.17, 15) is 10.1 Å². The van der Waals surface area contributed by atoms with E-state index in [-0.39, 0.29) is 5.69 Å². The van der Waals surface area contributed by atoms with E-state index in [1.165, 1.54) is 6.07 Å². The Morgan fingerprint density at radius 2 is 2.24 bits per heavy atom. The van der Waals surface area contributed by atoms with Crippen molar-refractivity contribution in [3.63, 3.8) is 0 Å². The fourth-order valence-electron chi connectivity index (χ4n) is 1.47. The molecule has 1 aromatic carbocycles. The molecule has 1 aromatic heterocycles. The zero-order valence-electron chi connectivity index (χ0n) is 8.81. The minimum atomic E-state index is -0.418. The summed E-state index contributed by atoms with van der Waals surface area (Å²) in [5.74, 6) is 0.845. The van der Waals surface area contributed by atoms with Crippen molar-refractivity contribution in [2.45, 2.75) is 6.92 Å². The first-order chi connectivity index (χ1) is 8.00. The van der Waals surface area contributed by atoms with E-state index in [0.717, 1.165) is 5.56 Å². The fraction of sp³-hybridized carbons (Fsp3) is 0.100. The van der Waals surface area contributed by atoms with Crippen molar-refractivity contribution in [3.8, 4) is 11.3 Å². The van der Waals surface area contributed by atoms with E-state index in [0.29, 0.717) is 20.7 Å². The minimum absolute atomic E-state index is 0.0799. The molecular weight excluding hydrogens is 337 g/mol. The average Bonchev–Trinajstić information content (AvgIpc) is 2.59. The van der Waals surface area contributed by atoms with Gasteiger partial charge >= 0.3 is 0 Å². The van der Waals surface area contributed by atoms with Gasteiger partial charge in [-0.2, -0.15) is 0 Å². The number of nitro groups is 1. The molecule has 0 saturated heterocycles. The van der Waals surface area contributed by atoms with E-state index in [4.69, 9.17) is 10.3 Å². The molecule has 0 atom stereocenters. The summed E-state index contributed by atoms with van der Waals surface area (Å²) in [5.41, 5.74) is 6.95. The second kappa shape index (κ2) is 4.32. The second-order valence-corrected chi connectivity index (χ2v) is 4.55. The SMILES string of the molecule is Cc1cc(-c2onc(N)c2I)ccc1[N+](=O)[O-]. The maximum absolute atomic E-state index is 10.7. The third-order valence-corrected chi connectivity index (χ3v) is 3.36. The van der Waals surface area contributed by atoms with Crippen molar-refractivity contribution < 1.29 is 9.45 Å². The maximum Gasteiger partial charge on any atom is 0.272 e. The number of aromatic nitrogens is 1. The van der Waals surface area contributed by atoms with E-state index in [2.05, 4.69) is 5.16 Å². The number of hydrogen-bond donors (Lipinski definition) is 1. The molecule has 17 heavy (non-hydrogen) atoms. The summed E-state index contributed by atoms with van der Waals surface area (Å²) in [6.07, 6.45) is 0. The van der Waals surface area contributed by atoms with Gasteiger partial charge in [0.2, 0.25) is 0 Å². The van der Waals surface area contributed by atoms with Gasteiger partial charge in [-0.3, -0.25) is 10.1 Å². The summed E-state index contributed by atoms with van der Waals surface area (Å²) < 4.78 is 5.79. The van der Waals surface area contributed by atoms with Gasteiger partial charge in [-0.05, 0) is 41.6 Å². The van der Waals surface area contributed by atoms with E-state index >= 15 is 0 Å². The number of benzene rings is 1. The van der Waals surface area contributed by atoms with Crippen LogP contribution in [0.15, 0.2) is 22.7 Å². The number of nitrogens with two attached hydrogens (primary N) is 1. The van der Waals surface area contributed by atoms with Crippen LogP contribution in [0.1, 0.15) is 5.56 Å². The number of rotatable bonds is 2. The summed E-state index contributed by atoms with van der Waals surface area (Å²) in [6, 6.07) is 4.74. The smallest absolute Gasteiger partial charge is 0.272 e. The molecule has 0 aliphatic heterocycles. The van der Waals surface area contributed by atoms with Gasteiger partial charge in [0.15, 0.2) is 11.6 Å². The molecule has 88 valence electrons. The van der Waals surface area contributed by atoms with E-state index in [1.54, 1.807) is 19.1 Å². The average molecular weight is 345 g/mol. The fourth-order valence-corrected chi connectivity index (χ4v) is 1.98. The second-order valence-electron chi connectivity index (χ2n) is 3.47. The third-order valence-electron chi connectivity index (χ3n) is 2.32.